The van der Waals surface area contributed by atoms with Crippen molar-refractivity contribution in [3.63, 3.8) is 0 Å². The Labute approximate surface area is 64.9 Å². The van der Waals surface area contributed by atoms with Crippen molar-refractivity contribution in [1.29, 1.82) is 0 Å². The molecule has 0 saturated carbocycles. The zero-order valence-corrected chi connectivity index (χ0v) is 6.23. The highest BCUT2D eigenvalue weighted by Gasteiger charge is 2.16. The maximum atomic E-state index is 5.46. The van der Waals surface area contributed by atoms with Crippen LogP contribution in [0.4, 0.5) is 0 Å². The van der Waals surface area contributed by atoms with Gasteiger partial charge >= 0.3 is 0 Å². The van der Waals surface area contributed by atoms with Crippen molar-refractivity contribution < 1.29 is 4.74 Å². The monoisotopic (exact) mass is 153 g/mol. The van der Waals surface area contributed by atoms with Crippen LogP contribution in [0.2, 0.25) is 0 Å². The van der Waals surface area contributed by atoms with E-state index in [9.17, 15) is 0 Å². The van der Waals surface area contributed by atoms with Gasteiger partial charge in [0, 0.05) is 12.7 Å². The summed E-state index contributed by atoms with van der Waals surface area (Å²) in [6.07, 6.45) is 1.93. The molecule has 1 aliphatic heterocycles. The lowest BCUT2D eigenvalue weighted by Gasteiger charge is -2.22. The summed E-state index contributed by atoms with van der Waals surface area (Å²) in [5, 5.41) is 4.14. The zero-order chi connectivity index (χ0) is 7.68. The van der Waals surface area contributed by atoms with E-state index in [0.717, 1.165) is 12.2 Å². The van der Waals surface area contributed by atoms with Crippen molar-refractivity contribution in [3.05, 3.63) is 18.0 Å². The van der Waals surface area contributed by atoms with Crippen molar-refractivity contribution >= 4 is 0 Å². The van der Waals surface area contributed by atoms with Gasteiger partial charge in [0.05, 0.1) is 24.9 Å². The number of hydrogen-bond acceptors (Lipinski definition) is 3. The van der Waals surface area contributed by atoms with Crippen LogP contribution in [0.15, 0.2) is 12.3 Å². The summed E-state index contributed by atoms with van der Waals surface area (Å²) in [7, 11) is 0. The number of nitrogens with two attached hydrogens (primary N) is 1. The van der Waals surface area contributed by atoms with E-state index in [1.165, 1.54) is 0 Å². The molecule has 1 unspecified atom stereocenters. The quantitative estimate of drug-likeness (QED) is 0.604. The number of hydrogen-bond donors (Lipinski definition) is 1. The molecular weight excluding hydrogens is 142 g/mol. The van der Waals surface area contributed by atoms with E-state index in [-0.39, 0.29) is 6.10 Å². The average molecular weight is 153 g/mol. The predicted molar refractivity (Wildman–Crippen MR) is 39.9 cm³/mol. The number of nitrogens with zero attached hydrogens (tertiary/aromatic N) is 2. The van der Waals surface area contributed by atoms with Crippen molar-refractivity contribution in [2.24, 2.45) is 5.73 Å². The fourth-order valence-electron chi connectivity index (χ4n) is 1.24. The largest absolute Gasteiger partial charge is 0.369 e. The number of ether oxygens (including phenoxy) is 1. The second kappa shape index (κ2) is 2.64. The van der Waals surface area contributed by atoms with Crippen LogP contribution in [0.5, 0.6) is 0 Å². The number of fused-ring (bicyclic) bond motifs is 1. The molecule has 4 nitrogen and oxygen atoms in total. The molecule has 0 saturated heterocycles. The van der Waals surface area contributed by atoms with E-state index in [0.29, 0.717) is 13.2 Å². The molecule has 0 amide bonds. The van der Waals surface area contributed by atoms with Gasteiger partial charge in [0.2, 0.25) is 0 Å². The van der Waals surface area contributed by atoms with Gasteiger partial charge in [-0.05, 0) is 6.07 Å². The van der Waals surface area contributed by atoms with Crippen LogP contribution in [0.1, 0.15) is 5.69 Å². The van der Waals surface area contributed by atoms with E-state index in [4.69, 9.17) is 10.5 Å². The van der Waals surface area contributed by atoms with Crippen LogP contribution in [-0.2, 0) is 17.9 Å². The Morgan fingerprint density at radius 1 is 1.82 bits per heavy atom. The summed E-state index contributed by atoms with van der Waals surface area (Å²) in [5.74, 6) is 0. The summed E-state index contributed by atoms with van der Waals surface area (Å²) in [4.78, 5) is 0. The molecule has 0 bridgehead atoms. The summed E-state index contributed by atoms with van der Waals surface area (Å²) in [6, 6.07) is 1.97. The van der Waals surface area contributed by atoms with Crippen molar-refractivity contribution in [1.82, 2.24) is 9.78 Å². The number of rotatable bonds is 1. The zero-order valence-electron chi connectivity index (χ0n) is 6.23. The highest BCUT2D eigenvalue weighted by Crippen LogP contribution is 2.11. The fraction of sp³-hybridized carbons (Fsp3) is 0.571. The average Bonchev–Trinajstić information content (AvgIpc) is 2.50. The predicted octanol–water partition coefficient (Wildman–Crippen LogP) is -0.259. The van der Waals surface area contributed by atoms with Crippen LogP contribution >= 0.6 is 0 Å². The molecule has 0 radical (unpaired) electrons. The minimum absolute atomic E-state index is 0.141. The molecule has 1 aromatic heterocycles. The lowest BCUT2D eigenvalue weighted by Crippen LogP contribution is -2.33. The molecule has 60 valence electrons. The van der Waals surface area contributed by atoms with Gasteiger partial charge in [0.25, 0.3) is 0 Å². The van der Waals surface area contributed by atoms with Gasteiger partial charge in [0.1, 0.15) is 0 Å². The first-order valence-electron chi connectivity index (χ1n) is 3.72. The SMILES string of the molecule is NCC1Cn2nccc2CO1. The highest BCUT2D eigenvalue weighted by atomic mass is 16.5. The van der Waals surface area contributed by atoms with E-state index < -0.39 is 0 Å². The van der Waals surface area contributed by atoms with Crippen LogP contribution in [0, 0.1) is 0 Å². The molecular formula is C7H11N3O. The first kappa shape index (κ1) is 6.82. The van der Waals surface area contributed by atoms with Gasteiger partial charge in [-0.25, -0.2) is 0 Å². The van der Waals surface area contributed by atoms with Crippen molar-refractivity contribution in [3.8, 4) is 0 Å². The van der Waals surface area contributed by atoms with Crippen molar-refractivity contribution in [2.75, 3.05) is 6.54 Å². The van der Waals surface area contributed by atoms with E-state index in [1.807, 2.05) is 10.7 Å². The molecule has 2 rings (SSSR count). The Kier molecular flexibility index (Phi) is 1.63. The highest BCUT2D eigenvalue weighted by molar-refractivity contribution is 5.00. The molecule has 4 heteroatoms. The first-order valence-corrected chi connectivity index (χ1v) is 3.72. The minimum Gasteiger partial charge on any atom is -0.369 e. The van der Waals surface area contributed by atoms with E-state index in [2.05, 4.69) is 5.10 Å². The van der Waals surface area contributed by atoms with Crippen LogP contribution in [0.3, 0.4) is 0 Å². The third-order valence-electron chi connectivity index (χ3n) is 1.91. The Bertz CT molecular complexity index is 246. The molecule has 1 atom stereocenters. The fourth-order valence-corrected chi connectivity index (χ4v) is 1.24. The van der Waals surface area contributed by atoms with Gasteiger partial charge in [-0.15, -0.1) is 0 Å². The minimum atomic E-state index is 0.141. The molecule has 1 aliphatic rings. The summed E-state index contributed by atoms with van der Waals surface area (Å²) >= 11 is 0. The molecule has 0 spiro atoms. The molecule has 2 N–H and O–H groups in total. The van der Waals surface area contributed by atoms with Crippen LogP contribution in [-0.4, -0.2) is 22.4 Å². The van der Waals surface area contributed by atoms with Crippen LogP contribution < -0.4 is 5.73 Å². The maximum absolute atomic E-state index is 5.46. The summed E-state index contributed by atoms with van der Waals surface area (Å²) < 4.78 is 7.37. The van der Waals surface area contributed by atoms with Crippen LogP contribution in [0.25, 0.3) is 0 Å². The Morgan fingerprint density at radius 2 is 2.73 bits per heavy atom. The van der Waals surface area contributed by atoms with Gasteiger partial charge in [-0.3, -0.25) is 4.68 Å². The standard InChI is InChI=1S/C7H11N3O/c8-3-7-4-10-6(5-11-7)1-2-9-10/h1-2,7H,3-5,8H2. The van der Waals surface area contributed by atoms with E-state index >= 15 is 0 Å². The smallest absolute Gasteiger partial charge is 0.0898 e. The second-order valence-corrected chi connectivity index (χ2v) is 2.67. The summed E-state index contributed by atoms with van der Waals surface area (Å²) in [6.45, 7) is 2.00. The van der Waals surface area contributed by atoms with E-state index in [1.54, 1.807) is 6.20 Å². The van der Waals surface area contributed by atoms with Gasteiger partial charge in [-0.1, -0.05) is 0 Å². The Balaban J connectivity index is 2.18. The lowest BCUT2D eigenvalue weighted by atomic mass is 10.3. The maximum Gasteiger partial charge on any atom is 0.0898 e. The summed E-state index contributed by atoms with van der Waals surface area (Å²) in [5.41, 5.74) is 6.60. The third kappa shape index (κ3) is 1.15. The number of aromatic nitrogens is 2. The molecule has 2 heterocycles. The van der Waals surface area contributed by atoms with Gasteiger partial charge < -0.3 is 10.5 Å². The molecule has 0 aromatic carbocycles. The van der Waals surface area contributed by atoms with Crippen molar-refractivity contribution in [2.45, 2.75) is 19.3 Å². The Morgan fingerprint density at radius 3 is 3.55 bits per heavy atom. The lowest BCUT2D eigenvalue weighted by molar-refractivity contribution is 0.00634. The van der Waals surface area contributed by atoms with Gasteiger partial charge in [-0.2, -0.15) is 5.10 Å². The third-order valence-corrected chi connectivity index (χ3v) is 1.91. The first-order chi connectivity index (χ1) is 5.40. The molecule has 0 aliphatic carbocycles. The normalized spacial score (nSPS) is 23.2. The molecule has 0 fully saturated rings. The topological polar surface area (TPSA) is 53.1 Å². The second-order valence-electron chi connectivity index (χ2n) is 2.67. The Hall–Kier alpha value is -0.870. The molecule has 11 heavy (non-hydrogen) atoms. The van der Waals surface area contributed by atoms with Gasteiger partial charge in [0.15, 0.2) is 0 Å². The molecule has 1 aromatic rings.